The van der Waals surface area contributed by atoms with E-state index in [0.717, 1.165) is 29.9 Å². The maximum atomic E-state index is 12.6. The first-order valence-electron chi connectivity index (χ1n) is 9.92. The second kappa shape index (κ2) is 12.4. The molecule has 0 aliphatic carbocycles. The van der Waals surface area contributed by atoms with Crippen LogP contribution in [0.2, 0.25) is 0 Å². The van der Waals surface area contributed by atoms with Gasteiger partial charge in [0.2, 0.25) is 0 Å². The van der Waals surface area contributed by atoms with Crippen molar-refractivity contribution in [2.75, 3.05) is 13.1 Å². The summed E-state index contributed by atoms with van der Waals surface area (Å²) in [5.74, 6) is 1.67. The standard InChI is InChI=1S/C21H26F2N6O.HI/c1-3-24-21(26-14-16-13-15(2)9-10-17(16)30-20(22)23)25-11-6-8-19-28-27-18-7-4-5-12-29(18)19;/h4-5,7,9-10,12-13,20H,3,6,8,11,14H2,1-2H3,(H2,24,25,26);1H. The van der Waals surface area contributed by atoms with Crippen molar-refractivity contribution in [3.05, 3.63) is 59.5 Å². The highest BCUT2D eigenvalue weighted by atomic mass is 127. The van der Waals surface area contributed by atoms with E-state index in [1.54, 1.807) is 18.2 Å². The molecule has 0 aliphatic heterocycles. The molecule has 3 rings (SSSR count). The highest BCUT2D eigenvalue weighted by molar-refractivity contribution is 14.0. The number of ether oxygens (including phenoxy) is 1. The van der Waals surface area contributed by atoms with Gasteiger partial charge in [-0.2, -0.15) is 8.78 Å². The summed E-state index contributed by atoms with van der Waals surface area (Å²) in [5, 5.41) is 14.8. The van der Waals surface area contributed by atoms with Crippen molar-refractivity contribution in [3.8, 4) is 5.75 Å². The lowest BCUT2D eigenvalue weighted by Gasteiger charge is -2.13. The number of hydrogen-bond donors (Lipinski definition) is 2. The third-order valence-electron chi connectivity index (χ3n) is 4.44. The minimum atomic E-state index is -2.87. The van der Waals surface area contributed by atoms with Gasteiger partial charge in [0.15, 0.2) is 11.6 Å². The Bertz CT molecular complexity index is 995. The predicted octanol–water partition coefficient (Wildman–Crippen LogP) is 3.95. The first kappa shape index (κ1) is 24.8. The quantitative estimate of drug-likeness (QED) is 0.185. The van der Waals surface area contributed by atoms with E-state index >= 15 is 0 Å². The van der Waals surface area contributed by atoms with Crippen LogP contribution < -0.4 is 15.4 Å². The summed E-state index contributed by atoms with van der Waals surface area (Å²) < 4.78 is 31.9. The van der Waals surface area contributed by atoms with E-state index in [1.807, 2.05) is 42.6 Å². The molecule has 0 saturated carbocycles. The second-order valence-corrected chi connectivity index (χ2v) is 6.76. The van der Waals surface area contributed by atoms with E-state index in [9.17, 15) is 8.78 Å². The van der Waals surface area contributed by atoms with Crippen LogP contribution in [-0.2, 0) is 13.0 Å². The summed E-state index contributed by atoms with van der Waals surface area (Å²) in [6, 6.07) is 10.9. The summed E-state index contributed by atoms with van der Waals surface area (Å²) in [5.41, 5.74) is 2.40. The van der Waals surface area contributed by atoms with Crippen molar-refractivity contribution in [1.82, 2.24) is 25.2 Å². The number of nitrogens with one attached hydrogen (secondary N) is 2. The van der Waals surface area contributed by atoms with Crippen LogP contribution in [0.25, 0.3) is 5.65 Å². The van der Waals surface area contributed by atoms with E-state index < -0.39 is 6.61 Å². The molecule has 31 heavy (non-hydrogen) atoms. The lowest BCUT2D eigenvalue weighted by molar-refractivity contribution is -0.0504. The number of rotatable bonds is 9. The van der Waals surface area contributed by atoms with Crippen LogP contribution in [0.1, 0.15) is 30.3 Å². The Morgan fingerprint density at radius 3 is 2.81 bits per heavy atom. The van der Waals surface area contributed by atoms with E-state index in [0.29, 0.717) is 24.6 Å². The highest BCUT2D eigenvalue weighted by Crippen LogP contribution is 2.22. The Morgan fingerprint density at radius 2 is 2.03 bits per heavy atom. The molecule has 0 unspecified atom stereocenters. The second-order valence-electron chi connectivity index (χ2n) is 6.76. The summed E-state index contributed by atoms with van der Waals surface area (Å²) in [6.07, 6.45) is 3.55. The Balaban J connectivity index is 0.00000341. The van der Waals surface area contributed by atoms with Gasteiger partial charge in [-0.1, -0.05) is 23.8 Å². The Morgan fingerprint density at radius 1 is 1.19 bits per heavy atom. The molecule has 168 valence electrons. The number of fused-ring (bicyclic) bond motifs is 1. The molecule has 0 spiro atoms. The van der Waals surface area contributed by atoms with Gasteiger partial charge in [-0.05, 0) is 38.5 Å². The summed E-state index contributed by atoms with van der Waals surface area (Å²) in [7, 11) is 0. The summed E-state index contributed by atoms with van der Waals surface area (Å²) in [4.78, 5) is 4.51. The topological polar surface area (TPSA) is 75.8 Å². The van der Waals surface area contributed by atoms with Crippen molar-refractivity contribution in [3.63, 3.8) is 0 Å². The highest BCUT2D eigenvalue weighted by Gasteiger charge is 2.10. The Kier molecular flexibility index (Phi) is 9.89. The molecule has 0 fully saturated rings. The number of guanidine groups is 1. The van der Waals surface area contributed by atoms with Gasteiger partial charge in [-0.15, -0.1) is 34.2 Å². The lowest BCUT2D eigenvalue weighted by Crippen LogP contribution is -2.37. The molecule has 0 aliphatic rings. The molecule has 0 atom stereocenters. The van der Waals surface area contributed by atoms with Gasteiger partial charge in [-0.25, -0.2) is 4.99 Å². The van der Waals surface area contributed by atoms with Gasteiger partial charge in [0.1, 0.15) is 11.6 Å². The zero-order valence-corrected chi connectivity index (χ0v) is 19.8. The van der Waals surface area contributed by atoms with Crippen LogP contribution in [0.15, 0.2) is 47.6 Å². The number of benzene rings is 1. The molecule has 2 N–H and O–H groups in total. The van der Waals surface area contributed by atoms with Gasteiger partial charge >= 0.3 is 6.61 Å². The largest absolute Gasteiger partial charge is 0.434 e. The van der Waals surface area contributed by atoms with Gasteiger partial charge in [-0.3, -0.25) is 4.40 Å². The van der Waals surface area contributed by atoms with Gasteiger partial charge < -0.3 is 15.4 Å². The van der Waals surface area contributed by atoms with Gasteiger partial charge in [0.05, 0.1) is 6.54 Å². The number of aryl methyl sites for hydroxylation is 2. The zero-order valence-electron chi connectivity index (χ0n) is 17.5. The molecule has 10 heteroatoms. The lowest BCUT2D eigenvalue weighted by atomic mass is 10.1. The summed E-state index contributed by atoms with van der Waals surface area (Å²) >= 11 is 0. The van der Waals surface area contributed by atoms with Crippen molar-refractivity contribution < 1.29 is 13.5 Å². The maximum absolute atomic E-state index is 12.6. The minimum absolute atomic E-state index is 0. The molecule has 3 aromatic rings. The first-order chi connectivity index (χ1) is 14.6. The van der Waals surface area contributed by atoms with E-state index in [4.69, 9.17) is 0 Å². The first-order valence-corrected chi connectivity index (χ1v) is 9.92. The van der Waals surface area contributed by atoms with E-state index in [1.165, 1.54) is 0 Å². The van der Waals surface area contributed by atoms with Crippen molar-refractivity contribution >= 4 is 35.6 Å². The number of alkyl halides is 2. The molecule has 1 aromatic carbocycles. The number of hydrogen-bond acceptors (Lipinski definition) is 4. The molecule has 0 saturated heterocycles. The smallest absolute Gasteiger partial charge is 0.387 e. The number of aromatic nitrogens is 3. The van der Waals surface area contributed by atoms with Crippen molar-refractivity contribution in [1.29, 1.82) is 0 Å². The van der Waals surface area contributed by atoms with Crippen molar-refractivity contribution in [2.45, 2.75) is 39.8 Å². The third kappa shape index (κ3) is 7.30. The average molecular weight is 544 g/mol. The van der Waals surface area contributed by atoms with Crippen LogP contribution >= 0.6 is 24.0 Å². The van der Waals surface area contributed by atoms with Crippen LogP contribution in [0, 0.1) is 6.92 Å². The third-order valence-corrected chi connectivity index (χ3v) is 4.44. The molecule has 2 aromatic heterocycles. The predicted molar refractivity (Wildman–Crippen MR) is 127 cm³/mol. The van der Waals surface area contributed by atoms with Crippen LogP contribution in [0.3, 0.4) is 0 Å². The van der Waals surface area contributed by atoms with Gasteiger partial charge in [0.25, 0.3) is 0 Å². The molecule has 2 heterocycles. The average Bonchev–Trinajstić information content (AvgIpc) is 3.14. The fraction of sp³-hybridized carbons (Fsp3) is 0.381. The molecular weight excluding hydrogens is 517 g/mol. The molecule has 0 amide bonds. The minimum Gasteiger partial charge on any atom is -0.434 e. The number of aliphatic imine (C=N–C) groups is 1. The Labute approximate surface area is 197 Å². The molecule has 0 bridgehead atoms. The normalized spacial score (nSPS) is 11.5. The van der Waals surface area contributed by atoms with Crippen LogP contribution in [-0.4, -0.2) is 40.3 Å². The fourth-order valence-electron chi connectivity index (χ4n) is 3.06. The number of nitrogens with zero attached hydrogens (tertiary/aromatic N) is 4. The van der Waals surface area contributed by atoms with Crippen molar-refractivity contribution in [2.24, 2.45) is 4.99 Å². The van der Waals surface area contributed by atoms with Crippen LogP contribution in [0.4, 0.5) is 8.78 Å². The Hall–Kier alpha value is -2.50. The maximum Gasteiger partial charge on any atom is 0.387 e. The molecule has 0 radical (unpaired) electrons. The van der Waals surface area contributed by atoms with Crippen LogP contribution in [0.5, 0.6) is 5.75 Å². The molecule has 7 nitrogen and oxygen atoms in total. The van der Waals surface area contributed by atoms with E-state index in [-0.39, 0.29) is 36.3 Å². The molecular formula is C21H27F2IN6O. The van der Waals surface area contributed by atoms with Gasteiger partial charge in [0, 0.05) is 31.3 Å². The summed E-state index contributed by atoms with van der Waals surface area (Å²) in [6.45, 7) is 2.61. The zero-order chi connectivity index (χ0) is 21.3. The van der Waals surface area contributed by atoms with E-state index in [2.05, 4.69) is 30.6 Å². The monoisotopic (exact) mass is 544 g/mol. The SMILES string of the molecule is CCNC(=NCc1cc(C)ccc1OC(F)F)NCCCc1nnc2ccccn12.I. The number of halogens is 3. The fourth-order valence-corrected chi connectivity index (χ4v) is 3.06. The number of pyridine rings is 1.